The molecule has 2 nitrogen and oxygen atoms in total. The molecule has 0 heterocycles. The molecule has 1 fully saturated rings. The van der Waals surface area contributed by atoms with E-state index < -0.39 is 5.97 Å². The summed E-state index contributed by atoms with van der Waals surface area (Å²) in [5, 5.41) is 9.60. The zero-order valence-electron chi connectivity index (χ0n) is 8.62. The maximum absolute atomic E-state index is 10.9. The van der Waals surface area contributed by atoms with Crippen LogP contribution in [0.25, 0.3) is 0 Å². The van der Waals surface area contributed by atoms with Crippen molar-refractivity contribution in [1.29, 1.82) is 0 Å². The number of carbonyl (C=O) groups is 1. The van der Waals surface area contributed by atoms with E-state index in [-0.39, 0.29) is 12.3 Å². The van der Waals surface area contributed by atoms with Gasteiger partial charge in [-0.1, -0.05) is 27.5 Å². The lowest BCUT2D eigenvalue weighted by molar-refractivity contribution is -0.137. The molecule has 1 aliphatic rings. The number of carboxylic acid groups (broad SMARTS) is 1. The summed E-state index contributed by atoms with van der Waals surface area (Å²) in [7, 11) is 0. The van der Waals surface area contributed by atoms with Crippen LogP contribution in [0.2, 0.25) is 5.02 Å². The van der Waals surface area contributed by atoms with Crippen LogP contribution < -0.4 is 0 Å². The van der Waals surface area contributed by atoms with Crippen LogP contribution in [0.1, 0.15) is 30.7 Å². The van der Waals surface area contributed by atoms with E-state index in [9.17, 15) is 4.79 Å². The van der Waals surface area contributed by atoms with Crippen LogP contribution in [0, 0.1) is 5.92 Å². The van der Waals surface area contributed by atoms with E-state index >= 15 is 0 Å². The Labute approximate surface area is 108 Å². The van der Waals surface area contributed by atoms with Gasteiger partial charge in [-0.3, -0.25) is 4.79 Å². The highest BCUT2D eigenvalue weighted by Crippen LogP contribution is 2.46. The van der Waals surface area contributed by atoms with Crippen molar-refractivity contribution in [3.63, 3.8) is 0 Å². The van der Waals surface area contributed by atoms with Crippen LogP contribution in [0.4, 0.5) is 0 Å². The third-order valence-electron chi connectivity index (χ3n) is 2.94. The Morgan fingerprint density at radius 1 is 1.56 bits per heavy atom. The fraction of sp³-hybridized carbons (Fsp3) is 0.417. The highest BCUT2D eigenvalue weighted by molar-refractivity contribution is 9.10. The number of benzene rings is 1. The standard InChI is InChI=1S/C12H12BrClO2/c13-8-3-4-11(14)10(5-8)9(6-12(15)16)7-1-2-7/h3-5,7,9H,1-2,6H2,(H,15,16). The van der Waals surface area contributed by atoms with Gasteiger partial charge in [0.1, 0.15) is 0 Å². The molecule has 0 bridgehead atoms. The van der Waals surface area contributed by atoms with Crippen LogP contribution >= 0.6 is 27.5 Å². The molecule has 0 amide bonds. The Balaban J connectivity index is 2.30. The number of carboxylic acids is 1. The van der Waals surface area contributed by atoms with Gasteiger partial charge in [0.2, 0.25) is 0 Å². The molecule has 0 aromatic heterocycles. The van der Waals surface area contributed by atoms with Crippen molar-refractivity contribution < 1.29 is 9.90 Å². The average molecular weight is 304 g/mol. The molecule has 0 radical (unpaired) electrons. The monoisotopic (exact) mass is 302 g/mol. The molecule has 0 saturated heterocycles. The molecular formula is C12H12BrClO2. The van der Waals surface area contributed by atoms with Crippen molar-refractivity contribution in [3.05, 3.63) is 33.3 Å². The SMILES string of the molecule is O=C(O)CC(c1cc(Br)ccc1Cl)C1CC1. The predicted octanol–water partition coefficient (Wildman–Crippen LogP) is 4.07. The zero-order valence-corrected chi connectivity index (χ0v) is 11.0. The zero-order chi connectivity index (χ0) is 11.7. The average Bonchev–Trinajstić information content (AvgIpc) is 3.02. The minimum absolute atomic E-state index is 0.0579. The third kappa shape index (κ3) is 2.77. The summed E-state index contributed by atoms with van der Waals surface area (Å²) in [6.07, 6.45) is 2.39. The summed E-state index contributed by atoms with van der Waals surface area (Å²) in [5.41, 5.74) is 0.959. The van der Waals surface area contributed by atoms with E-state index in [0.717, 1.165) is 22.9 Å². The van der Waals surface area contributed by atoms with Crippen LogP contribution in [-0.2, 0) is 4.79 Å². The molecule has 1 atom stereocenters. The summed E-state index contributed by atoms with van der Waals surface area (Å²) in [6.45, 7) is 0. The maximum atomic E-state index is 10.9. The van der Waals surface area contributed by atoms with Crippen molar-refractivity contribution in [3.8, 4) is 0 Å². The van der Waals surface area contributed by atoms with Gasteiger partial charge in [-0.2, -0.15) is 0 Å². The summed E-state index contributed by atoms with van der Waals surface area (Å²) in [6, 6.07) is 5.63. The van der Waals surface area contributed by atoms with E-state index in [1.165, 1.54) is 0 Å². The minimum Gasteiger partial charge on any atom is -0.481 e. The van der Waals surface area contributed by atoms with Gasteiger partial charge in [0, 0.05) is 9.50 Å². The molecule has 86 valence electrons. The molecule has 16 heavy (non-hydrogen) atoms. The van der Waals surface area contributed by atoms with E-state index in [1.807, 2.05) is 18.2 Å². The van der Waals surface area contributed by atoms with E-state index in [1.54, 1.807) is 0 Å². The predicted molar refractivity (Wildman–Crippen MR) is 66.9 cm³/mol. The first kappa shape index (κ1) is 11.9. The lowest BCUT2D eigenvalue weighted by Gasteiger charge is -2.16. The van der Waals surface area contributed by atoms with Crippen LogP contribution in [0.5, 0.6) is 0 Å². The molecule has 1 saturated carbocycles. The second-order valence-corrected chi connectivity index (χ2v) is 5.53. The van der Waals surface area contributed by atoms with Gasteiger partial charge in [-0.05, 0) is 48.4 Å². The first-order chi connectivity index (χ1) is 7.58. The molecule has 0 aliphatic heterocycles. The summed E-state index contributed by atoms with van der Waals surface area (Å²) in [4.78, 5) is 10.9. The Kier molecular flexibility index (Phi) is 3.55. The molecule has 1 aliphatic carbocycles. The number of rotatable bonds is 4. The molecule has 4 heteroatoms. The Hall–Kier alpha value is -0.540. The summed E-state index contributed by atoms with van der Waals surface area (Å²) >= 11 is 9.53. The summed E-state index contributed by atoms with van der Waals surface area (Å²) in [5.74, 6) is -0.210. The molecule has 1 aromatic rings. The number of halogens is 2. The topological polar surface area (TPSA) is 37.3 Å². The van der Waals surface area contributed by atoms with Crippen molar-refractivity contribution in [2.75, 3.05) is 0 Å². The Morgan fingerprint density at radius 2 is 2.25 bits per heavy atom. The second-order valence-electron chi connectivity index (χ2n) is 4.21. The van der Waals surface area contributed by atoms with E-state index in [4.69, 9.17) is 16.7 Å². The molecule has 0 spiro atoms. The van der Waals surface area contributed by atoms with E-state index in [2.05, 4.69) is 15.9 Å². The highest BCUT2D eigenvalue weighted by atomic mass is 79.9. The third-order valence-corrected chi connectivity index (χ3v) is 3.78. The van der Waals surface area contributed by atoms with Gasteiger partial charge < -0.3 is 5.11 Å². The smallest absolute Gasteiger partial charge is 0.303 e. The van der Waals surface area contributed by atoms with Gasteiger partial charge in [0.05, 0.1) is 6.42 Å². The Morgan fingerprint density at radius 3 is 2.81 bits per heavy atom. The van der Waals surface area contributed by atoms with Gasteiger partial charge in [0.15, 0.2) is 0 Å². The van der Waals surface area contributed by atoms with Crippen LogP contribution in [-0.4, -0.2) is 11.1 Å². The van der Waals surface area contributed by atoms with Crippen LogP contribution in [0.15, 0.2) is 22.7 Å². The van der Waals surface area contributed by atoms with Gasteiger partial charge in [-0.25, -0.2) is 0 Å². The largest absolute Gasteiger partial charge is 0.481 e. The Bertz CT molecular complexity index is 415. The highest BCUT2D eigenvalue weighted by Gasteiger charge is 2.34. The van der Waals surface area contributed by atoms with E-state index in [0.29, 0.717) is 10.9 Å². The van der Waals surface area contributed by atoms with Crippen LogP contribution in [0.3, 0.4) is 0 Å². The second kappa shape index (κ2) is 4.76. The molecular weight excluding hydrogens is 291 g/mol. The maximum Gasteiger partial charge on any atom is 0.303 e. The molecule has 2 rings (SSSR count). The van der Waals surface area contributed by atoms with Gasteiger partial charge in [0.25, 0.3) is 0 Å². The van der Waals surface area contributed by atoms with Crippen molar-refractivity contribution in [1.82, 2.24) is 0 Å². The first-order valence-electron chi connectivity index (χ1n) is 5.24. The molecule has 1 unspecified atom stereocenters. The summed E-state index contributed by atoms with van der Waals surface area (Å²) < 4.78 is 0.947. The number of aliphatic carboxylic acids is 1. The fourth-order valence-electron chi connectivity index (χ4n) is 2.02. The van der Waals surface area contributed by atoms with Crippen molar-refractivity contribution in [2.45, 2.75) is 25.2 Å². The van der Waals surface area contributed by atoms with Crippen molar-refractivity contribution >= 4 is 33.5 Å². The number of hydrogen-bond acceptors (Lipinski definition) is 1. The van der Waals surface area contributed by atoms with Crippen molar-refractivity contribution in [2.24, 2.45) is 5.92 Å². The number of hydrogen-bond donors (Lipinski definition) is 1. The minimum atomic E-state index is -0.757. The normalized spacial score (nSPS) is 17.1. The quantitative estimate of drug-likeness (QED) is 0.910. The van der Waals surface area contributed by atoms with Gasteiger partial charge in [-0.15, -0.1) is 0 Å². The molecule has 1 aromatic carbocycles. The molecule has 1 N–H and O–H groups in total. The fourth-order valence-corrected chi connectivity index (χ4v) is 2.65. The first-order valence-corrected chi connectivity index (χ1v) is 6.41. The van der Waals surface area contributed by atoms with Gasteiger partial charge >= 0.3 is 5.97 Å². The lowest BCUT2D eigenvalue weighted by atomic mass is 9.91. The lowest BCUT2D eigenvalue weighted by Crippen LogP contribution is -2.08.